The highest BCUT2D eigenvalue weighted by Crippen LogP contribution is 2.18. The monoisotopic (exact) mass is 302 g/mol. The van der Waals surface area contributed by atoms with Gasteiger partial charge in [-0.25, -0.2) is 13.2 Å². The van der Waals surface area contributed by atoms with Crippen molar-refractivity contribution in [2.45, 2.75) is 11.8 Å². The summed E-state index contributed by atoms with van der Waals surface area (Å²) in [6.07, 6.45) is 0. The van der Waals surface area contributed by atoms with Crippen LogP contribution in [0, 0.1) is 6.92 Å². The van der Waals surface area contributed by atoms with Crippen molar-refractivity contribution in [2.24, 2.45) is 0 Å². The second-order valence-electron chi connectivity index (χ2n) is 4.21. The molecule has 0 fully saturated rings. The first-order valence-corrected chi connectivity index (χ1v) is 7.67. The minimum atomic E-state index is -3.56. The number of hydrogen-bond acceptors (Lipinski definition) is 5. The minimum Gasteiger partial charge on any atom is -0.478 e. The molecule has 0 unspecified atom stereocenters. The molecule has 0 aliphatic carbocycles. The summed E-state index contributed by atoms with van der Waals surface area (Å²) in [5.41, 5.74) is 0.473. The Morgan fingerprint density at radius 2 is 1.95 bits per heavy atom. The normalized spacial score (nSPS) is 11.5. The van der Waals surface area contributed by atoms with Crippen molar-refractivity contribution in [2.75, 3.05) is 32.7 Å². The molecule has 0 spiro atoms. The maximum absolute atomic E-state index is 12.2. The van der Waals surface area contributed by atoms with Gasteiger partial charge in [0.05, 0.1) is 36.0 Å². The van der Waals surface area contributed by atoms with Crippen LogP contribution in [0.2, 0.25) is 0 Å². The average molecular weight is 302 g/mol. The molecule has 0 aromatic heterocycles. The molecule has 6 nitrogen and oxygen atoms in total. The zero-order chi connectivity index (χ0) is 15.2. The van der Waals surface area contributed by atoms with Crippen LogP contribution >= 0.6 is 0 Å². The van der Waals surface area contributed by atoms with Gasteiger partial charge < -0.3 is 14.6 Å². The first kappa shape index (κ1) is 16.6. The van der Waals surface area contributed by atoms with E-state index in [9.17, 15) is 13.2 Å². The molecule has 1 aromatic carbocycles. The fraction of sp³-hybridized carbons (Fsp3) is 0.462. The maximum atomic E-state index is 12.2. The molecular weight excluding hydrogens is 284 g/mol. The lowest BCUT2D eigenvalue weighted by Crippen LogP contribution is -2.16. The van der Waals surface area contributed by atoms with Gasteiger partial charge >= 0.3 is 5.97 Å². The van der Waals surface area contributed by atoms with E-state index in [1.165, 1.54) is 25.3 Å². The number of methoxy groups -OCH3 is 1. The van der Waals surface area contributed by atoms with Gasteiger partial charge in [-0.3, -0.25) is 0 Å². The molecular formula is C13H18O6S. The largest absolute Gasteiger partial charge is 0.478 e. The molecule has 1 rings (SSSR count). The summed E-state index contributed by atoms with van der Waals surface area (Å²) in [6.45, 7) is 2.39. The number of hydrogen-bond donors (Lipinski definition) is 1. The quantitative estimate of drug-likeness (QED) is 0.724. The van der Waals surface area contributed by atoms with E-state index in [0.29, 0.717) is 18.8 Å². The number of benzene rings is 1. The van der Waals surface area contributed by atoms with Gasteiger partial charge in [0.25, 0.3) is 0 Å². The van der Waals surface area contributed by atoms with Gasteiger partial charge in [-0.15, -0.1) is 0 Å². The molecule has 0 amide bonds. The van der Waals surface area contributed by atoms with E-state index in [1.54, 1.807) is 6.92 Å². The summed E-state index contributed by atoms with van der Waals surface area (Å²) in [6, 6.07) is 4.05. The van der Waals surface area contributed by atoms with Crippen LogP contribution in [-0.2, 0) is 19.3 Å². The third kappa shape index (κ3) is 4.59. The Morgan fingerprint density at radius 1 is 1.25 bits per heavy atom. The fourth-order valence-electron chi connectivity index (χ4n) is 1.59. The summed E-state index contributed by atoms with van der Waals surface area (Å²) >= 11 is 0. The number of carboxylic acid groups (broad SMARTS) is 1. The highest BCUT2D eigenvalue weighted by atomic mass is 32.2. The van der Waals surface area contributed by atoms with Crippen LogP contribution in [0.25, 0.3) is 0 Å². The van der Waals surface area contributed by atoms with Crippen molar-refractivity contribution < 1.29 is 27.8 Å². The van der Waals surface area contributed by atoms with Crippen LogP contribution in [0.15, 0.2) is 23.1 Å². The van der Waals surface area contributed by atoms with Crippen LogP contribution in [0.5, 0.6) is 0 Å². The Labute approximate surface area is 118 Å². The molecule has 1 aromatic rings. The van der Waals surface area contributed by atoms with E-state index in [0.717, 1.165) is 0 Å². The molecule has 20 heavy (non-hydrogen) atoms. The predicted octanol–water partition coefficient (Wildman–Crippen LogP) is 1.13. The van der Waals surface area contributed by atoms with Gasteiger partial charge in [0, 0.05) is 7.11 Å². The highest BCUT2D eigenvalue weighted by Gasteiger charge is 2.19. The summed E-state index contributed by atoms with van der Waals surface area (Å²) < 4.78 is 34.2. The molecule has 0 radical (unpaired) electrons. The van der Waals surface area contributed by atoms with Crippen LogP contribution in [0.4, 0.5) is 0 Å². The van der Waals surface area contributed by atoms with E-state index in [4.69, 9.17) is 14.6 Å². The molecule has 0 aliphatic rings. The van der Waals surface area contributed by atoms with Crippen molar-refractivity contribution in [3.63, 3.8) is 0 Å². The van der Waals surface area contributed by atoms with Crippen molar-refractivity contribution in [3.8, 4) is 0 Å². The summed E-state index contributed by atoms with van der Waals surface area (Å²) in [7, 11) is -2.03. The third-order valence-corrected chi connectivity index (χ3v) is 4.51. The molecule has 0 heterocycles. The van der Waals surface area contributed by atoms with Crippen LogP contribution in [0.1, 0.15) is 15.9 Å². The topological polar surface area (TPSA) is 89.9 Å². The highest BCUT2D eigenvalue weighted by molar-refractivity contribution is 7.91. The van der Waals surface area contributed by atoms with Crippen molar-refractivity contribution >= 4 is 15.8 Å². The lowest BCUT2D eigenvalue weighted by molar-refractivity contribution is 0.0696. The third-order valence-electron chi connectivity index (χ3n) is 2.70. The first-order chi connectivity index (χ1) is 9.38. The molecule has 112 valence electrons. The van der Waals surface area contributed by atoms with Crippen LogP contribution < -0.4 is 0 Å². The second-order valence-corrected chi connectivity index (χ2v) is 6.29. The average Bonchev–Trinajstić information content (AvgIpc) is 2.38. The molecule has 0 aliphatic heterocycles. The maximum Gasteiger partial charge on any atom is 0.335 e. The molecule has 0 atom stereocenters. The van der Waals surface area contributed by atoms with Gasteiger partial charge in [-0.2, -0.15) is 0 Å². The zero-order valence-electron chi connectivity index (χ0n) is 11.5. The number of ether oxygens (including phenoxy) is 2. The Bertz CT molecular complexity index is 564. The number of rotatable bonds is 8. The van der Waals surface area contributed by atoms with Gasteiger partial charge in [0.2, 0.25) is 0 Å². The van der Waals surface area contributed by atoms with E-state index in [2.05, 4.69) is 0 Å². The lowest BCUT2D eigenvalue weighted by Gasteiger charge is -2.09. The minimum absolute atomic E-state index is 0.0349. The summed E-state index contributed by atoms with van der Waals surface area (Å²) in [4.78, 5) is 10.9. The van der Waals surface area contributed by atoms with Gasteiger partial charge in [0.1, 0.15) is 0 Å². The number of aromatic carboxylic acids is 1. The van der Waals surface area contributed by atoms with E-state index in [1.807, 2.05) is 0 Å². The Morgan fingerprint density at radius 3 is 2.55 bits per heavy atom. The van der Waals surface area contributed by atoms with Crippen molar-refractivity contribution in [1.29, 1.82) is 0 Å². The van der Waals surface area contributed by atoms with Gasteiger partial charge in [0.15, 0.2) is 9.84 Å². The fourth-order valence-corrected chi connectivity index (χ4v) is 3.01. The SMILES string of the molecule is COCCOCCS(=O)(=O)c1cc(C(=O)O)ccc1C. The van der Waals surface area contributed by atoms with Gasteiger partial charge in [-0.1, -0.05) is 6.07 Å². The first-order valence-electron chi connectivity index (χ1n) is 6.02. The number of sulfone groups is 1. The zero-order valence-corrected chi connectivity index (χ0v) is 12.3. The Balaban J connectivity index is 2.81. The lowest BCUT2D eigenvalue weighted by atomic mass is 10.1. The van der Waals surface area contributed by atoms with Gasteiger partial charge in [-0.05, 0) is 24.6 Å². The van der Waals surface area contributed by atoms with E-state index < -0.39 is 15.8 Å². The summed E-state index contributed by atoms with van der Waals surface area (Å²) in [5.74, 6) is -1.35. The molecule has 1 N–H and O–H groups in total. The molecule has 0 saturated heterocycles. The number of aryl methyl sites for hydroxylation is 1. The smallest absolute Gasteiger partial charge is 0.335 e. The Kier molecular flexibility index (Phi) is 6.12. The van der Waals surface area contributed by atoms with Crippen molar-refractivity contribution in [1.82, 2.24) is 0 Å². The summed E-state index contributed by atoms with van der Waals surface area (Å²) in [5, 5.41) is 8.91. The number of carbonyl (C=O) groups is 1. The van der Waals surface area contributed by atoms with Crippen molar-refractivity contribution in [3.05, 3.63) is 29.3 Å². The number of carboxylic acids is 1. The standard InChI is InChI=1S/C13H18O6S/c1-10-3-4-11(13(14)15)9-12(10)20(16,17)8-7-19-6-5-18-2/h3-4,9H,5-8H2,1-2H3,(H,14,15). The molecule has 0 bridgehead atoms. The van der Waals surface area contributed by atoms with Crippen LogP contribution in [-0.4, -0.2) is 52.2 Å². The predicted molar refractivity (Wildman–Crippen MR) is 72.9 cm³/mol. The molecule has 7 heteroatoms. The Hall–Kier alpha value is -1.44. The van der Waals surface area contributed by atoms with Crippen LogP contribution in [0.3, 0.4) is 0 Å². The second kappa shape index (κ2) is 7.37. The van der Waals surface area contributed by atoms with E-state index in [-0.39, 0.29) is 22.8 Å². The van der Waals surface area contributed by atoms with E-state index >= 15 is 0 Å². The molecule has 0 saturated carbocycles.